The van der Waals surface area contributed by atoms with Gasteiger partial charge in [0.1, 0.15) is 15.8 Å². The molecule has 1 aromatic carbocycles. The lowest BCUT2D eigenvalue weighted by atomic mass is 10.0. The molecule has 0 spiro atoms. The number of fused-ring (bicyclic) bond motifs is 1. The lowest BCUT2D eigenvalue weighted by Gasteiger charge is -2.23. The van der Waals surface area contributed by atoms with Crippen molar-refractivity contribution < 1.29 is 36.7 Å². The summed E-state index contributed by atoms with van der Waals surface area (Å²) in [5, 5.41) is 7.77. The lowest BCUT2D eigenvalue weighted by Crippen LogP contribution is -2.52. The van der Waals surface area contributed by atoms with E-state index in [1.54, 1.807) is 29.6 Å². The Hall–Kier alpha value is -3.42. The first-order chi connectivity index (χ1) is 19.0. The molecule has 2 N–H and O–H groups in total. The van der Waals surface area contributed by atoms with Crippen LogP contribution in [0.4, 0.5) is 0 Å². The quantitative estimate of drug-likeness (QED) is 0.366. The summed E-state index contributed by atoms with van der Waals surface area (Å²) in [6, 6.07) is 6.19. The first-order valence-electron chi connectivity index (χ1n) is 12.9. The Balaban J connectivity index is 1.46. The van der Waals surface area contributed by atoms with Crippen LogP contribution in [0.2, 0.25) is 0 Å². The van der Waals surface area contributed by atoms with Crippen molar-refractivity contribution >= 4 is 49.9 Å². The first kappa shape index (κ1) is 29.6. The van der Waals surface area contributed by atoms with Crippen LogP contribution in [0, 0.1) is 5.92 Å². The van der Waals surface area contributed by atoms with Crippen molar-refractivity contribution in [1.29, 1.82) is 0 Å². The second-order valence-electron chi connectivity index (χ2n) is 9.95. The fourth-order valence-electron chi connectivity index (χ4n) is 4.57. The highest BCUT2D eigenvalue weighted by molar-refractivity contribution is 7.91. The molecule has 0 radical (unpaired) electrons. The number of thiophene rings is 1. The van der Waals surface area contributed by atoms with Crippen molar-refractivity contribution in [2.75, 3.05) is 27.3 Å². The highest BCUT2D eigenvalue weighted by Crippen LogP contribution is 2.33. The number of ether oxygens (including phenoxy) is 2. The molecule has 216 valence electrons. The first-order valence-corrected chi connectivity index (χ1v) is 15.2. The maximum absolute atomic E-state index is 13.3. The Labute approximate surface area is 236 Å². The third kappa shape index (κ3) is 6.48. The minimum absolute atomic E-state index is 0.00632. The van der Waals surface area contributed by atoms with Crippen LogP contribution in [0.3, 0.4) is 0 Å². The van der Waals surface area contributed by atoms with Crippen molar-refractivity contribution in [3.63, 3.8) is 0 Å². The summed E-state index contributed by atoms with van der Waals surface area (Å²) in [6.45, 7) is 3.66. The minimum atomic E-state index is -3.79. The topological polar surface area (TPSA) is 144 Å². The smallest absolute Gasteiger partial charge is 0.287 e. The van der Waals surface area contributed by atoms with E-state index in [1.807, 2.05) is 13.8 Å². The Bertz CT molecular complexity index is 1440. The molecular formula is C27H33N3O8S2. The molecular weight excluding hydrogens is 558 g/mol. The Morgan fingerprint density at radius 3 is 2.55 bits per heavy atom. The van der Waals surface area contributed by atoms with Gasteiger partial charge in [-0.15, -0.1) is 11.3 Å². The van der Waals surface area contributed by atoms with Gasteiger partial charge in [0.15, 0.2) is 23.0 Å². The van der Waals surface area contributed by atoms with Gasteiger partial charge in [0.2, 0.25) is 5.91 Å². The summed E-state index contributed by atoms with van der Waals surface area (Å²) in [7, 11) is -0.790. The molecule has 1 fully saturated rings. The molecule has 1 aliphatic rings. The number of hydrogen-bond acceptors (Lipinski definition) is 9. The highest BCUT2D eigenvalue weighted by Gasteiger charge is 2.35. The molecule has 2 atom stereocenters. The van der Waals surface area contributed by atoms with Gasteiger partial charge in [0.25, 0.3) is 15.9 Å². The minimum Gasteiger partial charge on any atom is -0.493 e. The summed E-state index contributed by atoms with van der Waals surface area (Å²) in [4.78, 5) is 39.4. The van der Waals surface area contributed by atoms with Gasteiger partial charge in [-0.25, -0.2) is 8.42 Å². The number of methoxy groups -OCH3 is 2. The number of nitrogens with zero attached hydrogens (tertiary/aromatic N) is 1. The average Bonchev–Trinajstić information content (AvgIpc) is 3.57. The summed E-state index contributed by atoms with van der Waals surface area (Å²) in [5.74, 6) is -0.522. The van der Waals surface area contributed by atoms with Crippen molar-refractivity contribution in [3.05, 3.63) is 41.5 Å². The number of furan rings is 1. The SMILES string of the molecule is COc1cc2cc(C(=O)N[C@@H](CC(C)C)C(=O)NC3CCCN(S(=O)(=O)c4cccs4)CC3=O)oc2cc1OC. The zero-order valence-corrected chi connectivity index (χ0v) is 24.4. The summed E-state index contributed by atoms with van der Waals surface area (Å²) < 4.78 is 43.5. The van der Waals surface area contributed by atoms with Gasteiger partial charge in [0, 0.05) is 18.0 Å². The molecule has 11 nitrogen and oxygen atoms in total. The van der Waals surface area contributed by atoms with Crippen molar-refractivity contribution in [2.45, 2.75) is 49.4 Å². The van der Waals surface area contributed by atoms with Crippen molar-refractivity contribution in [1.82, 2.24) is 14.9 Å². The predicted molar refractivity (Wildman–Crippen MR) is 149 cm³/mol. The molecule has 0 bridgehead atoms. The van der Waals surface area contributed by atoms with E-state index in [0.29, 0.717) is 35.3 Å². The number of carbonyl (C=O) groups is 3. The van der Waals surface area contributed by atoms with Crippen molar-refractivity contribution in [2.24, 2.45) is 5.92 Å². The zero-order valence-electron chi connectivity index (χ0n) is 22.8. The second kappa shape index (κ2) is 12.4. The second-order valence-corrected chi connectivity index (χ2v) is 13.1. The maximum atomic E-state index is 13.3. The number of sulfonamides is 1. The Morgan fingerprint density at radius 2 is 1.90 bits per heavy atom. The number of rotatable bonds is 10. The van der Waals surface area contributed by atoms with Gasteiger partial charge >= 0.3 is 0 Å². The molecule has 3 aromatic rings. The molecule has 40 heavy (non-hydrogen) atoms. The van der Waals surface area contributed by atoms with Crippen LogP contribution in [-0.2, 0) is 19.6 Å². The van der Waals surface area contributed by atoms with Gasteiger partial charge in [0.05, 0.1) is 26.8 Å². The fourth-order valence-corrected chi connectivity index (χ4v) is 7.16. The van der Waals surface area contributed by atoms with E-state index in [1.165, 1.54) is 20.3 Å². The van der Waals surface area contributed by atoms with Crippen LogP contribution in [-0.4, -0.2) is 69.7 Å². The number of benzene rings is 1. The van der Waals surface area contributed by atoms with Crippen LogP contribution in [0.15, 0.2) is 44.3 Å². The zero-order chi connectivity index (χ0) is 29.0. The summed E-state index contributed by atoms with van der Waals surface area (Å²) in [5.41, 5.74) is 0.416. The van der Waals surface area contributed by atoms with Crippen LogP contribution in [0.25, 0.3) is 11.0 Å². The van der Waals surface area contributed by atoms with Crippen molar-refractivity contribution in [3.8, 4) is 11.5 Å². The van der Waals surface area contributed by atoms with Crippen LogP contribution in [0.1, 0.15) is 43.7 Å². The number of ketones is 1. The largest absolute Gasteiger partial charge is 0.493 e. The van der Waals surface area contributed by atoms with E-state index in [9.17, 15) is 22.8 Å². The molecule has 1 unspecified atom stereocenters. The van der Waals surface area contributed by atoms with Gasteiger partial charge < -0.3 is 24.5 Å². The van der Waals surface area contributed by atoms with Crippen LogP contribution >= 0.6 is 11.3 Å². The number of carbonyl (C=O) groups excluding carboxylic acids is 3. The van der Waals surface area contributed by atoms with E-state index in [-0.39, 0.29) is 35.4 Å². The monoisotopic (exact) mass is 591 g/mol. The molecule has 2 amide bonds. The normalized spacial score (nSPS) is 17.4. The molecule has 2 aromatic heterocycles. The fraction of sp³-hybridized carbons (Fsp3) is 0.444. The van der Waals surface area contributed by atoms with E-state index in [0.717, 1.165) is 15.6 Å². The maximum Gasteiger partial charge on any atom is 0.287 e. The number of Topliss-reactive ketones (excluding diaryl/α,β-unsaturated/α-hetero) is 1. The number of nitrogens with one attached hydrogen (secondary N) is 2. The van der Waals surface area contributed by atoms with E-state index in [2.05, 4.69) is 10.6 Å². The van der Waals surface area contributed by atoms with Gasteiger partial charge in [-0.05, 0) is 48.8 Å². The standard InChI is InChI=1S/C27H33N3O8S2/c1-16(2)11-19(29-27(33)24-13-17-12-22(36-3)23(37-4)14-21(17)38-24)26(32)28-18-7-5-9-30(15-20(18)31)40(34,35)25-8-6-10-39-25/h6,8,10,12-14,16,18-19H,5,7,9,11,15H2,1-4H3,(H,28,32)(H,29,33)/t18?,19-/m0/s1. The van der Waals surface area contributed by atoms with Crippen LogP contribution in [0.5, 0.6) is 11.5 Å². The molecule has 0 aliphatic carbocycles. The van der Waals surface area contributed by atoms with Gasteiger partial charge in [-0.1, -0.05) is 19.9 Å². The molecule has 4 rings (SSSR count). The summed E-state index contributed by atoms with van der Waals surface area (Å²) in [6.07, 6.45) is 1.00. The third-order valence-corrected chi connectivity index (χ3v) is 9.82. The Morgan fingerprint density at radius 1 is 1.18 bits per heavy atom. The number of hydrogen-bond donors (Lipinski definition) is 2. The molecule has 1 saturated heterocycles. The van der Waals surface area contributed by atoms with Gasteiger partial charge in [-0.2, -0.15) is 4.31 Å². The lowest BCUT2D eigenvalue weighted by molar-refractivity contribution is -0.129. The van der Waals surface area contributed by atoms with E-state index >= 15 is 0 Å². The highest BCUT2D eigenvalue weighted by atomic mass is 32.2. The average molecular weight is 592 g/mol. The molecule has 0 saturated carbocycles. The summed E-state index contributed by atoms with van der Waals surface area (Å²) >= 11 is 1.09. The van der Waals surface area contributed by atoms with E-state index < -0.39 is 39.7 Å². The number of amides is 2. The van der Waals surface area contributed by atoms with E-state index in [4.69, 9.17) is 13.9 Å². The molecule has 13 heteroatoms. The molecule has 3 heterocycles. The third-order valence-electron chi connectivity index (χ3n) is 6.60. The Kier molecular flexibility index (Phi) is 9.16. The van der Waals surface area contributed by atoms with Gasteiger partial charge in [-0.3, -0.25) is 14.4 Å². The molecule has 1 aliphatic heterocycles. The predicted octanol–water partition coefficient (Wildman–Crippen LogP) is 3.19. The van der Waals surface area contributed by atoms with Crippen LogP contribution < -0.4 is 20.1 Å².